The Balaban J connectivity index is 1.46. The van der Waals surface area contributed by atoms with Crippen molar-refractivity contribution in [3.05, 3.63) is 46.2 Å². The van der Waals surface area contributed by atoms with Crippen LogP contribution in [0, 0.1) is 11.8 Å². The van der Waals surface area contributed by atoms with Crippen LogP contribution in [0.1, 0.15) is 50.4 Å². The van der Waals surface area contributed by atoms with Crippen LogP contribution in [0.15, 0.2) is 24.4 Å². The fourth-order valence-corrected chi connectivity index (χ4v) is 6.17. The van der Waals surface area contributed by atoms with E-state index in [1.54, 1.807) is 24.0 Å². The monoisotopic (exact) mass is 610 g/mol. The van der Waals surface area contributed by atoms with Crippen LogP contribution in [0.4, 0.5) is 13.2 Å². The molecule has 0 bridgehead atoms. The van der Waals surface area contributed by atoms with Gasteiger partial charge >= 0.3 is 6.18 Å². The van der Waals surface area contributed by atoms with Gasteiger partial charge < -0.3 is 14.6 Å². The first-order valence-electron chi connectivity index (χ1n) is 14.1. The molecule has 0 spiro atoms. The van der Waals surface area contributed by atoms with E-state index in [2.05, 4.69) is 20.2 Å². The average Bonchev–Trinajstić information content (AvgIpc) is 3.34. The van der Waals surface area contributed by atoms with E-state index >= 15 is 0 Å². The lowest BCUT2D eigenvalue weighted by Gasteiger charge is -2.48. The molecular weight excluding hydrogens is 573 g/mol. The molecule has 0 aliphatic carbocycles. The Hall–Kier alpha value is -2.51. The first kappa shape index (κ1) is 30.9. The molecule has 9 nitrogen and oxygen atoms in total. The van der Waals surface area contributed by atoms with Gasteiger partial charge in [0.15, 0.2) is 0 Å². The summed E-state index contributed by atoms with van der Waals surface area (Å²) in [7, 11) is 3.24. The lowest BCUT2D eigenvalue weighted by Crippen LogP contribution is -2.58. The summed E-state index contributed by atoms with van der Waals surface area (Å²) in [6, 6.07) is 5.46. The van der Waals surface area contributed by atoms with Crippen LogP contribution in [0.5, 0.6) is 5.88 Å². The van der Waals surface area contributed by atoms with E-state index in [-0.39, 0.29) is 24.4 Å². The van der Waals surface area contributed by atoms with E-state index in [4.69, 9.17) is 21.1 Å². The number of alkyl halides is 3. The van der Waals surface area contributed by atoms with Crippen molar-refractivity contribution in [3.8, 4) is 5.88 Å². The summed E-state index contributed by atoms with van der Waals surface area (Å²) in [5.74, 6) is -1.13. The Morgan fingerprint density at radius 1 is 1.07 bits per heavy atom. The van der Waals surface area contributed by atoms with Gasteiger partial charge in [0, 0.05) is 43.5 Å². The first-order chi connectivity index (χ1) is 19.7. The number of aryl methyl sites for hydroxylation is 1. The van der Waals surface area contributed by atoms with Gasteiger partial charge in [-0.25, -0.2) is 9.67 Å². The Bertz CT molecular complexity index is 1410. The van der Waals surface area contributed by atoms with Crippen LogP contribution in [-0.2, 0) is 23.9 Å². The molecule has 2 fully saturated rings. The summed E-state index contributed by atoms with van der Waals surface area (Å²) in [6.07, 6.45) is -2.53. The second-order valence-electron chi connectivity index (χ2n) is 12.4. The number of aliphatic hydroxyl groups is 1. The number of benzene rings is 1. The predicted octanol–water partition coefficient (Wildman–Crippen LogP) is 4.74. The number of nitrogens with zero attached hydrogens (tertiary/aromatic N) is 6. The third-order valence-electron chi connectivity index (χ3n) is 8.38. The molecule has 2 saturated heterocycles. The summed E-state index contributed by atoms with van der Waals surface area (Å²) in [4.78, 5) is 8.74. The molecule has 5 rings (SSSR count). The quantitative estimate of drug-likeness (QED) is 0.391. The highest BCUT2D eigenvalue weighted by molar-refractivity contribution is 6.36. The highest BCUT2D eigenvalue weighted by Gasteiger charge is 2.49. The van der Waals surface area contributed by atoms with Crippen molar-refractivity contribution in [1.29, 1.82) is 0 Å². The van der Waals surface area contributed by atoms with Gasteiger partial charge in [0.2, 0.25) is 5.88 Å². The van der Waals surface area contributed by atoms with Crippen molar-refractivity contribution in [2.24, 2.45) is 18.9 Å². The van der Waals surface area contributed by atoms with Gasteiger partial charge in [-0.05, 0) is 64.4 Å². The molecule has 13 heteroatoms. The third kappa shape index (κ3) is 6.10. The van der Waals surface area contributed by atoms with Crippen LogP contribution < -0.4 is 4.74 Å². The maximum atomic E-state index is 13.2. The fourth-order valence-electron chi connectivity index (χ4n) is 5.88. The van der Waals surface area contributed by atoms with Crippen LogP contribution in [0.3, 0.4) is 0 Å². The zero-order valence-corrected chi connectivity index (χ0v) is 25.3. The molecule has 0 amide bonds. The van der Waals surface area contributed by atoms with Crippen molar-refractivity contribution >= 4 is 22.5 Å². The normalized spacial score (nSPS) is 19.7. The second kappa shape index (κ2) is 11.5. The molecule has 2 aliphatic heterocycles. The topological polar surface area (TPSA) is 88.8 Å². The van der Waals surface area contributed by atoms with Gasteiger partial charge in [0.25, 0.3) is 0 Å². The van der Waals surface area contributed by atoms with Crippen LogP contribution >= 0.6 is 11.6 Å². The minimum atomic E-state index is -4.18. The average molecular weight is 611 g/mol. The predicted molar refractivity (Wildman–Crippen MR) is 152 cm³/mol. The summed E-state index contributed by atoms with van der Waals surface area (Å²) in [5, 5.41) is 21.5. The van der Waals surface area contributed by atoms with Crippen molar-refractivity contribution < 1.29 is 27.8 Å². The molecule has 1 aromatic carbocycles. The number of hydrogen-bond acceptors (Lipinski definition) is 8. The van der Waals surface area contributed by atoms with Crippen LogP contribution in [0.25, 0.3) is 10.9 Å². The van der Waals surface area contributed by atoms with Crippen LogP contribution in [-0.4, -0.2) is 86.7 Å². The van der Waals surface area contributed by atoms with Gasteiger partial charge in [-0.2, -0.15) is 13.2 Å². The Kier molecular flexibility index (Phi) is 8.49. The molecule has 2 aliphatic rings. The fraction of sp³-hybridized carbons (Fsp3) is 0.621. The molecule has 0 saturated carbocycles. The van der Waals surface area contributed by atoms with E-state index in [1.165, 1.54) is 7.11 Å². The molecule has 1 unspecified atom stereocenters. The molecule has 1 N–H and O–H groups in total. The van der Waals surface area contributed by atoms with Crippen molar-refractivity contribution in [1.82, 2.24) is 29.8 Å². The van der Waals surface area contributed by atoms with Crippen molar-refractivity contribution in [3.63, 3.8) is 0 Å². The molecular formula is C29H38ClF3N6O3. The number of methoxy groups -OCH3 is 1. The van der Waals surface area contributed by atoms with Crippen LogP contribution in [0.2, 0.25) is 5.02 Å². The highest BCUT2D eigenvalue weighted by Crippen LogP contribution is 2.44. The number of pyridine rings is 1. The minimum absolute atomic E-state index is 0.0412. The Morgan fingerprint density at radius 2 is 1.76 bits per heavy atom. The molecule has 4 heterocycles. The molecule has 3 aromatic rings. The first-order valence-corrected chi connectivity index (χ1v) is 14.5. The lowest BCUT2D eigenvalue weighted by atomic mass is 9.74. The summed E-state index contributed by atoms with van der Waals surface area (Å²) >= 11 is 7.00. The standard InChI is InChI=1S/C29H38ClF3N6O3/c1-27(2,3)42-17-39-14-20(15-39)28(40,24-13-34-36-37(24)4)19-6-7-23-21(12-19)25(30)22(26(35-23)41-5)16-38-10-8-18(9-11-38)29(31,32)33/h6-7,12-13,18,20,40H,8-11,14-17H2,1-5H3. The van der Waals surface area contributed by atoms with E-state index < -0.39 is 17.7 Å². The van der Waals surface area contributed by atoms with E-state index in [0.717, 1.165) is 0 Å². The largest absolute Gasteiger partial charge is 0.481 e. The molecule has 0 radical (unpaired) electrons. The summed E-state index contributed by atoms with van der Waals surface area (Å²) in [6.45, 7) is 8.57. The van der Waals surface area contributed by atoms with E-state index in [1.807, 2.05) is 37.8 Å². The summed E-state index contributed by atoms with van der Waals surface area (Å²) in [5.41, 5.74) is 0.658. The second-order valence-corrected chi connectivity index (χ2v) is 12.7. The zero-order valence-electron chi connectivity index (χ0n) is 24.6. The van der Waals surface area contributed by atoms with Gasteiger partial charge in [0.05, 0.1) is 47.8 Å². The number of rotatable bonds is 8. The van der Waals surface area contributed by atoms with Gasteiger partial charge in [0.1, 0.15) is 5.60 Å². The number of piperidine rings is 1. The SMILES string of the molecule is COc1nc2ccc(C(O)(c3cnnn3C)C3CN(COC(C)(C)C)C3)cc2c(Cl)c1CN1CCC(C(F)(F)F)CC1. The minimum Gasteiger partial charge on any atom is -0.481 e. The molecule has 42 heavy (non-hydrogen) atoms. The Morgan fingerprint density at radius 3 is 2.33 bits per heavy atom. The summed E-state index contributed by atoms with van der Waals surface area (Å²) < 4.78 is 52.7. The third-order valence-corrected chi connectivity index (χ3v) is 8.81. The van der Waals surface area contributed by atoms with Gasteiger partial charge in [-0.1, -0.05) is 22.9 Å². The maximum Gasteiger partial charge on any atom is 0.391 e. The molecule has 2 aromatic heterocycles. The maximum absolute atomic E-state index is 13.2. The number of aromatic nitrogens is 4. The smallest absolute Gasteiger partial charge is 0.391 e. The number of likely N-dealkylation sites (tertiary alicyclic amines) is 2. The number of hydrogen-bond donors (Lipinski definition) is 1. The molecule has 1 atom stereocenters. The number of halogens is 4. The van der Waals surface area contributed by atoms with E-state index in [9.17, 15) is 18.3 Å². The molecule has 230 valence electrons. The van der Waals surface area contributed by atoms with Crippen molar-refractivity contribution in [2.75, 3.05) is 40.0 Å². The lowest BCUT2D eigenvalue weighted by molar-refractivity contribution is -0.185. The van der Waals surface area contributed by atoms with Gasteiger partial charge in [-0.3, -0.25) is 9.80 Å². The van der Waals surface area contributed by atoms with E-state index in [0.29, 0.717) is 78.1 Å². The number of ether oxygens (including phenoxy) is 2. The van der Waals surface area contributed by atoms with Crippen molar-refractivity contribution in [2.45, 2.75) is 57.5 Å². The van der Waals surface area contributed by atoms with Gasteiger partial charge in [-0.15, -0.1) is 5.10 Å². The zero-order chi connectivity index (χ0) is 30.4. The Labute approximate surface area is 248 Å². The highest BCUT2D eigenvalue weighted by atomic mass is 35.5. The number of fused-ring (bicyclic) bond motifs is 1.